The smallest absolute Gasteiger partial charge is 0.266 e. The van der Waals surface area contributed by atoms with Crippen LogP contribution in [0.1, 0.15) is 22.2 Å². The molecule has 0 bridgehead atoms. The van der Waals surface area contributed by atoms with Crippen LogP contribution in [0.3, 0.4) is 0 Å². The van der Waals surface area contributed by atoms with E-state index in [-0.39, 0.29) is 18.5 Å². The molecule has 1 aliphatic rings. The van der Waals surface area contributed by atoms with Crippen LogP contribution >= 0.6 is 22.7 Å². The van der Waals surface area contributed by atoms with Crippen molar-refractivity contribution in [3.63, 3.8) is 0 Å². The zero-order valence-electron chi connectivity index (χ0n) is 17.9. The molecule has 1 atom stereocenters. The van der Waals surface area contributed by atoms with Crippen LogP contribution in [0.4, 0.5) is 0 Å². The lowest BCUT2D eigenvalue weighted by Crippen LogP contribution is -2.30. The molecule has 33 heavy (non-hydrogen) atoms. The van der Waals surface area contributed by atoms with E-state index in [9.17, 15) is 4.79 Å². The maximum Gasteiger partial charge on any atom is 0.266 e. The first-order valence-electron chi connectivity index (χ1n) is 10.1. The Morgan fingerprint density at radius 2 is 1.91 bits per heavy atom. The maximum absolute atomic E-state index is 13.2. The second-order valence-electron chi connectivity index (χ2n) is 7.21. The van der Waals surface area contributed by atoms with Crippen molar-refractivity contribution in [1.29, 1.82) is 0 Å². The Kier molecular flexibility index (Phi) is 5.88. The fraction of sp³-hybridized carbons (Fsp3) is 0.227. The number of hydrazone groups is 1. The first-order chi connectivity index (χ1) is 16.2. The molecule has 4 heterocycles. The van der Waals surface area contributed by atoms with Crippen LogP contribution in [-0.4, -0.2) is 51.1 Å². The van der Waals surface area contributed by atoms with Gasteiger partial charge >= 0.3 is 0 Å². The zero-order valence-corrected chi connectivity index (χ0v) is 19.5. The topological polar surface area (TPSA) is 94.7 Å². The van der Waals surface area contributed by atoms with E-state index in [2.05, 4.69) is 20.5 Å². The van der Waals surface area contributed by atoms with E-state index >= 15 is 0 Å². The predicted molar refractivity (Wildman–Crippen MR) is 126 cm³/mol. The summed E-state index contributed by atoms with van der Waals surface area (Å²) in [6, 6.07) is 13.3. The Hall–Kier alpha value is -3.57. The van der Waals surface area contributed by atoms with Crippen molar-refractivity contribution >= 4 is 34.3 Å². The monoisotopic (exact) mass is 480 g/mol. The molecule has 0 saturated carbocycles. The highest BCUT2D eigenvalue weighted by molar-refractivity contribution is 7.12. The van der Waals surface area contributed by atoms with Crippen LogP contribution in [0.25, 0.3) is 11.4 Å². The van der Waals surface area contributed by atoms with Crippen molar-refractivity contribution in [3.05, 3.63) is 63.0 Å². The molecule has 0 saturated heterocycles. The number of benzene rings is 1. The minimum Gasteiger partial charge on any atom is -0.493 e. The number of thiophene rings is 2. The van der Waals surface area contributed by atoms with Crippen molar-refractivity contribution < 1.29 is 14.3 Å². The van der Waals surface area contributed by atoms with Gasteiger partial charge in [0, 0.05) is 16.9 Å². The predicted octanol–water partition coefficient (Wildman–Crippen LogP) is 3.86. The molecule has 3 aromatic heterocycles. The van der Waals surface area contributed by atoms with Gasteiger partial charge < -0.3 is 9.47 Å². The lowest BCUT2D eigenvalue weighted by atomic mass is 10.1. The van der Waals surface area contributed by atoms with E-state index in [1.54, 1.807) is 54.0 Å². The zero-order chi connectivity index (χ0) is 22.8. The molecule has 1 aromatic carbocycles. The van der Waals surface area contributed by atoms with Gasteiger partial charge in [0.25, 0.3) is 5.91 Å². The molecular weight excluding hydrogens is 460 g/mol. The molecule has 0 unspecified atom stereocenters. The number of aromatic nitrogens is 4. The van der Waals surface area contributed by atoms with Crippen LogP contribution in [0, 0.1) is 0 Å². The Bertz CT molecular complexity index is 1280. The number of nitrogens with zero attached hydrogens (tertiary/aromatic N) is 6. The maximum atomic E-state index is 13.2. The number of rotatable bonds is 7. The van der Waals surface area contributed by atoms with Gasteiger partial charge in [0.1, 0.15) is 6.54 Å². The van der Waals surface area contributed by atoms with Crippen LogP contribution in [0.5, 0.6) is 11.5 Å². The summed E-state index contributed by atoms with van der Waals surface area (Å²) in [4.78, 5) is 16.7. The summed E-state index contributed by atoms with van der Waals surface area (Å²) in [6.45, 7) is -0.0661. The number of hydrogen-bond acceptors (Lipinski definition) is 9. The third kappa shape index (κ3) is 4.24. The minimum atomic E-state index is -0.198. The second kappa shape index (κ2) is 9.12. The SMILES string of the molecule is COc1ccc(-c2nnn(CC(=O)N3N=C(c4cccs4)C[C@H]3c3cccs3)n2)cc1OC. The summed E-state index contributed by atoms with van der Waals surface area (Å²) in [5, 5.41) is 22.8. The van der Waals surface area contributed by atoms with Gasteiger partial charge in [-0.25, -0.2) is 5.01 Å². The number of carbonyl (C=O) groups is 1. The number of ether oxygens (including phenoxy) is 2. The van der Waals surface area contributed by atoms with Crippen LogP contribution in [-0.2, 0) is 11.3 Å². The molecule has 9 nitrogen and oxygen atoms in total. The molecule has 5 rings (SSSR count). The van der Waals surface area contributed by atoms with E-state index in [0.717, 1.165) is 15.5 Å². The summed E-state index contributed by atoms with van der Waals surface area (Å²) in [5.74, 6) is 1.37. The quantitative estimate of drug-likeness (QED) is 0.399. The average molecular weight is 481 g/mol. The van der Waals surface area contributed by atoms with Gasteiger partial charge in [0.2, 0.25) is 5.82 Å². The fourth-order valence-electron chi connectivity index (χ4n) is 3.63. The Labute approximate surface area is 197 Å². The molecule has 11 heteroatoms. The Balaban J connectivity index is 1.37. The standard InChI is InChI=1S/C22H20N6O3S2/c1-30-17-8-7-14(11-18(17)31-2)22-23-26-27(25-22)13-21(29)28-16(20-6-4-10-33-20)12-15(24-28)19-5-3-9-32-19/h3-11,16H,12-13H2,1-2H3/t16-/m0/s1. The van der Waals surface area contributed by atoms with E-state index in [1.807, 2.05) is 41.1 Å². The Morgan fingerprint density at radius 1 is 1.09 bits per heavy atom. The molecule has 0 aliphatic carbocycles. The molecule has 1 amide bonds. The van der Waals surface area contributed by atoms with E-state index in [4.69, 9.17) is 9.47 Å². The van der Waals surface area contributed by atoms with Crippen molar-refractivity contribution in [1.82, 2.24) is 25.2 Å². The van der Waals surface area contributed by atoms with Gasteiger partial charge in [-0.15, -0.1) is 32.9 Å². The molecule has 168 valence electrons. The molecule has 0 N–H and O–H groups in total. The summed E-state index contributed by atoms with van der Waals surface area (Å²) in [6.07, 6.45) is 0.675. The second-order valence-corrected chi connectivity index (χ2v) is 9.14. The molecular formula is C22H20N6O3S2. The lowest BCUT2D eigenvalue weighted by molar-refractivity contribution is -0.134. The molecule has 0 spiro atoms. The Morgan fingerprint density at radius 3 is 2.64 bits per heavy atom. The first-order valence-corrected chi connectivity index (χ1v) is 11.9. The van der Waals surface area contributed by atoms with Gasteiger partial charge in [-0.05, 0) is 46.3 Å². The highest BCUT2D eigenvalue weighted by Gasteiger charge is 2.34. The summed E-state index contributed by atoms with van der Waals surface area (Å²) in [5.41, 5.74) is 1.62. The van der Waals surface area contributed by atoms with Crippen LogP contribution in [0.2, 0.25) is 0 Å². The molecule has 4 aromatic rings. The third-order valence-electron chi connectivity index (χ3n) is 5.21. The van der Waals surface area contributed by atoms with E-state index < -0.39 is 0 Å². The summed E-state index contributed by atoms with van der Waals surface area (Å²) < 4.78 is 10.6. The minimum absolute atomic E-state index is 0.0661. The van der Waals surface area contributed by atoms with E-state index in [0.29, 0.717) is 29.3 Å². The summed E-state index contributed by atoms with van der Waals surface area (Å²) >= 11 is 3.24. The lowest BCUT2D eigenvalue weighted by Gasteiger charge is -2.20. The highest BCUT2D eigenvalue weighted by Crippen LogP contribution is 2.36. The van der Waals surface area contributed by atoms with Crippen molar-refractivity contribution in [2.24, 2.45) is 5.10 Å². The number of hydrogen-bond donors (Lipinski definition) is 0. The first kappa shape index (κ1) is 21.3. The van der Waals surface area contributed by atoms with E-state index in [1.165, 1.54) is 4.80 Å². The fourth-order valence-corrected chi connectivity index (χ4v) is 5.16. The molecule has 0 radical (unpaired) electrons. The highest BCUT2D eigenvalue weighted by atomic mass is 32.1. The van der Waals surface area contributed by atoms with Crippen molar-refractivity contribution in [2.75, 3.05) is 14.2 Å². The van der Waals surface area contributed by atoms with Gasteiger partial charge in [-0.2, -0.15) is 9.90 Å². The average Bonchev–Trinajstić information content (AvgIpc) is 3.63. The third-order valence-corrected chi connectivity index (χ3v) is 7.11. The van der Waals surface area contributed by atoms with Crippen molar-refractivity contribution in [3.8, 4) is 22.9 Å². The number of carbonyl (C=O) groups excluding carboxylic acids is 1. The molecule has 1 aliphatic heterocycles. The van der Waals surface area contributed by atoms with Gasteiger partial charge in [-0.3, -0.25) is 4.79 Å². The largest absolute Gasteiger partial charge is 0.493 e. The number of methoxy groups -OCH3 is 2. The van der Waals surface area contributed by atoms with Crippen molar-refractivity contribution in [2.45, 2.75) is 19.0 Å². The van der Waals surface area contributed by atoms with Gasteiger partial charge in [0.05, 0.1) is 30.9 Å². The number of amides is 1. The van der Waals surface area contributed by atoms with Gasteiger partial charge in [-0.1, -0.05) is 12.1 Å². The van der Waals surface area contributed by atoms with Crippen LogP contribution in [0.15, 0.2) is 58.3 Å². The van der Waals surface area contributed by atoms with Crippen LogP contribution < -0.4 is 9.47 Å². The summed E-state index contributed by atoms with van der Waals surface area (Å²) in [7, 11) is 3.14. The number of tetrazole rings is 1. The molecule has 0 fully saturated rings. The normalized spacial score (nSPS) is 15.5. The van der Waals surface area contributed by atoms with Gasteiger partial charge in [0.15, 0.2) is 11.5 Å².